The summed E-state index contributed by atoms with van der Waals surface area (Å²) in [4.78, 5) is 36.7. The molecule has 0 saturated heterocycles. The van der Waals surface area contributed by atoms with Crippen molar-refractivity contribution in [2.75, 3.05) is 24.6 Å². The molecular formula is C17H22N2O4. The molecule has 0 radical (unpaired) electrons. The molecule has 1 aromatic carbocycles. The third kappa shape index (κ3) is 4.31. The van der Waals surface area contributed by atoms with E-state index in [1.807, 2.05) is 13.0 Å². The van der Waals surface area contributed by atoms with Crippen molar-refractivity contribution < 1.29 is 19.1 Å². The molecule has 2 amide bonds. The molecule has 1 aliphatic heterocycles. The monoisotopic (exact) mass is 318 g/mol. The molecule has 0 unspecified atom stereocenters. The molecule has 124 valence electrons. The zero-order chi connectivity index (χ0) is 16.8. The first-order valence-electron chi connectivity index (χ1n) is 7.87. The third-order valence-corrected chi connectivity index (χ3v) is 3.70. The molecule has 0 fully saturated rings. The molecule has 0 saturated carbocycles. The first kappa shape index (κ1) is 17.0. The number of nitrogens with zero attached hydrogens (tertiary/aromatic N) is 1. The van der Waals surface area contributed by atoms with E-state index in [4.69, 9.17) is 4.74 Å². The maximum Gasteiger partial charge on any atom is 0.307 e. The fourth-order valence-corrected chi connectivity index (χ4v) is 2.54. The number of carbonyl (C=O) groups excluding carboxylic acids is 3. The number of esters is 1. The quantitative estimate of drug-likeness (QED) is 0.810. The zero-order valence-electron chi connectivity index (χ0n) is 13.6. The minimum atomic E-state index is -0.307. The zero-order valence-corrected chi connectivity index (χ0v) is 13.6. The van der Waals surface area contributed by atoms with Gasteiger partial charge >= 0.3 is 5.97 Å². The third-order valence-electron chi connectivity index (χ3n) is 3.70. The molecule has 1 aliphatic rings. The number of anilines is 1. The van der Waals surface area contributed by atoms with E-state index < -0.39 is 0 Å². The van der Waals surface area contributed by atoms with Crippen molar-refractivity contribution in [2.24, 2.45) is 0 Å². The van der Waals surface area contributed by atoms with Crippen LogP contribution in [0.2, 0.25) is 0 Å². The molecule has 1 N–H and O–H groups in total. The number of ether oxygens (including phenoxy) is 1. The maximum atomic E-state index is 12.1. The van der Waals surface area contributed by atoms with E-state index in [0.717, 1.165) is 24.1 Å². The molecule has 0 atom stereocenters. The second-order valence-electron chi connectivity index (χ2n) is 5.49. The Bertz CT molecular complexity index is 613. The Labute approximate surface area is 135 Å². The lowest BCUT2D eigenvalue weighted by molar-refractivity contribution is -0.143. The summed E-state index contributed by atoms with van der Waals surface area (Å²) in [7, 11) is 0. The topological polar surface area (TPSA) is 75.7 Å². The number of hydrogen-bond donors (Lipinski definition) is 1. The standard InChI is InChI=1S/C17H22N2O4/c1-3-10-23-16(21)6-8-18-17(22)14-4-5-15-13(11-14)7-9-19(15)12(2)20/h4-5,11H,3,6-10H2,1-2H3,(H,18,22). The number of fused-ring (bicyclic) bond motifs is 1. The Hall–Kier alpha value is -2.37. The summed E-state index contributed by atoms with van der Waals surface area (Å²) in [5.74, 6) is -0.526. The molecule has 0 bridgehead atoms. The molecule has 0 aromatic heterocycles. The first-order valence-corrected chi connectivity index (χ1v) is 7.87. The Morgan fingerprint density at radius 1 is 1.30 bits per heavy atom. The van der Waals surface area contributed by atoms with E-state index in [2.05, 4.69) is 5.32 Å². The molecule has 23 heavy (non-hydrogen) atoms. The van der Waals surface area contributed by atoms with Gasteiger partial charge in [0.15, 0.2) is 0 Å². The smallest absolute Gasteiger partial charge is 0.307 e. The van der Waals surface area contributed by atoms with E-state index in [1.54, 1.807) is 17.0 Å². The number of carbonyl (C=O) groups is 3. The van der Waals surface area contributed by atoms with Crippen LogP contribution in [-0.2, 0) is 20.7 Å². The average Bonchev–Trinajstić information content (AvgIpc) is 2.96. The highest BCUT2D eigenvalue weighted by atomic mass is 16.5. The van der Waals surface area contributed by atoms with Gasteiger partial charge in [-0.3, -0.25) is 14.4 Å². The SMILES string of the molecule is CCCOC(=O)CCNC(=O)c1ccc2c(c1)CCN2C(C)=O. The summed E-state index contributed by atoms with van der Waals surface area (Å²) in [6, 6.07) is 5.31. The van der Waals surface area contributed by atoms with Crippen molar-refractivity contribution in [3.8, 4) is 0 Å². The predicted octanol–water partition coefficient (Wildman–Crippen LogP) is 1.67. The van der Waals surface area contributed by atoms with Gasteiger partial charge in [0.25, 0.3) is 5.91 Å². The molecule has 1 heterocycles. The lowest BCUT2D eigenvalue weighted by atomic mass is 10.1. The van der Waals surface area contributed by atoms with Crippen LogP contribution in [0.1, 0.15) is 42.6 Å². The van der Waals surface area contributed by atoms with Gasteiger partial charge in [-0.25, -0.2) is 0 Å². The van der Waals surface area contributed by atoms with Gasteiger partial charge in [0.05, 0.1) is 13.0 Å². The van der Waals surface area contributed by atoms with Crippen molar-refractivity contribution in [1.29, 1.82) is 0 Å². The number of nitrogens with one attached hydrogen (secondary N) is 1. The summed E-state index contributed by atoms with van der Waals surface area (Å²) < 4.78 is 4.95. The molecule has 0 spiro atoms. The van der Waals surface area contributed by atoms with Crippen molar-refractivity contribution >= 4 is 23.5 Å². The van der Waals surface area contributed by atoms with Crippen molar-refractivity contribution in [3.63, 3.8) is 0 Å². The minimum Gasteiger partial charge on any atom is -0.466 e. The van der Waals surface area contributed by atoms with E-state index in [9.17, 15) is 14.4 Å². The van der Waals surface area contributed by atoms with Gasteiger partial charge < -0.3 is 15.0 Å². The summed E-state index contributed by atoms with van der Waals surface area (Å²) in [6.45, 7) is 4.77. The van der Waals surface area contributed by atoms with Crippen LogP contribution in [0.4, 0.5) is 5.69 Å². The molecule has 2 rings (SSSR count). The van der Waals surface area contributed by atoms with Gasteiger partial charge in [-0.1, -0.05) is 6.92 Å². The number of amides is 2. The highest BCUT2D eigenvalue weighted by Gasteiger charge is 2.23. The summed E-state index contributed by atoms with van der Waals surface area (Å²) in [5.41, 5.74) is 2.41. The maximum absolute atomic E-state index is 12.1. The van der Waals surface area contributed by atoms with Gasteiger partial charge in [-0.2, -0.15) is 0 Å². The molecule has 0 aliphatic carbocycles. The first-order chi connectivity index (χ1) is 11.0. The van der Waals surface area contributed by atoms with Crippen LogP contribution >= 0.6 is 0 Å². The fraction of sp³-hybridized carbons (Fsp3) is 0.471. The minimum absolute atomic E-state index is 0.00606. The van der Waals surface area contributed by atoms with Crippen LogP contribution in [0.5, 0.6) is 0 Å². The van der Waals surface area contributed by atoms with Crippen molar-refractivity contribution in [1.82, 2.24) is 5.32 Å². The Morgan fingerprint density at radius 2 is 2.09 bits per heavy atom. The number of benzene rings is 1. The normalized spacial score (nSPS) is 12.7. The summed E-state index contributed by atoms with van der Waals surface area (Å²) >= 11 is 0. The fourth-order valence-electron chi connectivity index (χ4n) is 2.54. The predicted molar refractivity (Wildman–Crippen MR) is 86.4 cm³/mol. The van der Waals surface area contributed by atoms with Gasteiger partial charge in [-0.05, 0) is 36.6 Å². The van der Waals surface area contributed by atoms with E-state index in [0.29, 0.717) is 18.7 Å². The van der Waals surface area contributed by atoms with Crippen molar-refractivity contribution in [2.45, 2.75) is 33.1 Å². The van der Waals surface area contributed by atoms with E-state index in [1.165, 1.54) is 6.92 Å². The number of hydrogen-bond acceptors (Lipinski definition) is 4. The number of rotatable bonds is 6. The van der Waals surface area contributed by atoms with Crippen LogP contribution in [0, 0.1) is 0 Å². The molecule has 6 heteroatoms. The van der Waals surface area contributed by atoms with Crippen molar-refractivity contribution in [3.05, 3.63) is 29.3 Å². The molecular weight excluding hydrogens is 296 g/mol. The van der Waals surface area contributed by atoms with Gasteiger partial charge in [0, 0.05) is 31.3 Å². The van der Waals surface area contributed by atoms with Crippen LogP contribution in [0.25, 0.3) is 0 Å². The Morgan fingerprint density at radius 3 is 2.78 bits per heavy atom. The van der Waals surface area contributed by atoms with Gasteiger partial charge in [-0.15, -0.1) is 0 Å². The Kier molecular flexibility index (Phi) is 5.73. The van der Waals surface area contributed by atoms with Crippen LogP contribution in [-0.4, -0.2) is 37.5 Å². The Balaban J connectivity index is 1.89. The molecule has 6 nitrogen and oxygen atoms in total. The second-order valence-corrected chi connectivity index (χ2v) is 5.49. The summed E-state index contributed by atoms with van der Waals surface area (Å²) in [6.07, 6.45) is 1.69. The molecule has 1 aromatic rings. The average molecular weight is 318 g/mol. The van der Waals surface area contributed by atoms with E-state index >= 15 is 0 Å². The van der Waals surface area contributed by atoms with Crippen LogP contribution in [0.15, 0.2) is 18.2 Å². The van der Waals surface area contributed by atoms with Gasteiger partial charge in [0.1, 0.15) is 0 Å². The largest absolute Gasteiger partial charge is 0.466 e. The summed E-state index contributed by atoms with van der Waals surface area (Å²) in [5, 5.41) is 2.71. The lowest BCUT2D eigenvalue weighted by Gasteiger charge is -2.14. The second kappa shape index (κ2) is 7.76. The highest BCUT2D eigenvalue weighted by Crippen LogP contribution is 2.28. The van der Waals surface area contributed by atoms with Gasteiger partial charge in [0.2, 0.25) is 5.91 Å². The highest BCUT2D eigenvalue weighted by molar-refractivity contribution is 5.97. The van der Waals surface area contributed by atoms with Crippen LogP contribution in [0.3, 0.4) is 0 Å². The van der Waals surface area contributed by atoms with Crippen LogP contribution < -0.4 is 10.2 Å². The van der Waals surface area contributed by atoms with E-state index in [-0.39, 0.29) is 30.7 Å². The lowest BCUT2D eigenvalue weighted by Crippen LogP contribution is -2.27.